The van der Waals surface area contributed by atoms with Gasteiger partial charge in [0, 0.05) is 17.1 Å². The van der Waals surface area contributed by atoms with Crippen molar-refractivity contribution in [2.45, 2.75) is 13.5 Å². The van der Waals surface area contributed by atoms with Crippen molar-refractivity contribution in [3.05, 3.63) is 99.4 Å². The fourth-order valence-electron chi connectivity index (χ4n) is 3.30. The van der Waals surface area contributed by atoms with Crippen molar-refractivity contribution < 1.29 is 19.4 Å². The molecule has 0 bridgehead atoms. The summed E-state index contributed by atoms with van der Waals surface area (Å²) in [6, 6.07) is 21.3. The number of carbonyl (C=O) groups excluding carboxylic acids is 1. The number of ether oxygens (including phenoxy) is 1. The van der Waals surface area contributed by atoms with E-state index >= 15 is 0 Å². The lowest BCUT2D eigenvalue weighted by molar-refractivity contribution is -0.122. The number of benzene rings is 3. The summed E-state index contributed by atoms with van der Waals surface area (Å²) in [7, 11) is 0. The summed E-state index contributed by atoms with van der Waals surface area (Å²) >= 11 is 7.20. The average molecular weight is 493 g/mol. The van der Waals surface area contributed by atoms with Crippen molar-refractivity contribution in [1.29, 1.82) is 0 Å². The van der Waals surface area contributed by atoms with Crippen molar-refractivity contribution in [3.63, 3.8) is 0 Å². The third-order valence-corrected chi connectivity index (χ3v) is 6.29. The third kappa shape index (κ3) is 5.50. The minimum Gasteiger partial charge on any atom is -0.488 e. The average Bonchev–Trinajstić information content (AvgIpc) is 3.13. The number of halogens is 1. The summed E-state index contributed by atoms with van der Waals surface area (Å²) in [4.78, 5) is 30.9. The van der Waals surface area contributed by atoms with Crippen LogP contribution in [0.5, 0.6) is 5.75 Å². The first-order valence-corrected chi connectivity index (χ1v) is 11.7. The van der Waals surface area contributed by atoms with Crippen LogP contribution in [-0.4, -0.2) is 33.6 Å². The molecule has 1 N–H and O–H groups in total. The molecule has 0 atom stereocenters. The maximum absolute atomic E-state index is 13.0. The van der Waals surface area contributed by atoms with Crippen LogP contribution in [0.3, 0.4) is 0 Å². The van der Waals surface area contributed by atoms with Crippen LogP contribution in [0.1, 0.15) is 28.4 Å². The maximum Gasteiger partial charge on any atom is 0.335 e. The fraction of sp³-hybridized carbons (Fsp3) is 0.115. The summed E-state index contributed by atoms with van der Waals surface area (Å²) in [5.41, 5.74) is 2.37. The number of amides is 1. The number of hydrogen-bond donors (Lipinski definition) is 1. The zero-order valence-electron chi connectivity index (χ0n) is 18.3. The number of nitrogens with zero attached hydrogens (tertiary/aromatic N) is 2. The van der Waals surface area contributed by atoms with E-state index in [1.54, 1.807) is 23.1 Å². The van der Waals surface area contributed by atoms with Gasteiger partial charge in [0.15, 0.2) is 5.17 Å². The van der Waals surface area contributed by atoms with Gasteiger partial charge in [-0.3, -0.25) is 9.69 Å². The zero-order valence-corrected chi connectivity index (χ0v) is 19.8. The van der Waals surface area contributed by atoms with Crippen molar-refractivity contribution in [2.24, 2.45) is 4.99 Å². The number of thioether (sulfide) groups is 1. The Balaban J connectivity index is 1.58. The normalized spacial score (nSPS) is 15.8. The van der Waals surface area contributed by atoms with Gasteiger partial charge in [0.1, 0.15) is 12.4 Å². The van der Waals surface area contributed by atoms with Crippen LogP contribution in [0.4, 0.5) is 5.69 Å². The minimum atomic E-state index is -1.03. The predicted octanol–water partition coefficient (Wildman–Crippen LogP) is 6.24. The molecule has 1 saturated heterocycles. The number of likely N-dealkylation sites (N-methyl/N-ethyl adjacent to an activating group) is 1. The molecule has 1 aliphatic rings. The number of aliphatic imine (C=N–C) groups is 1. The van der Waals surface area contributed by atoms with E-state index in [0.29, 0.717) is 39.7 Å². The second-order valence-electron chi connectivity index (χ2n) is 7.36. The first-order chi connectivity index (χ1) is 16.4. The lowest BCUT2D eigenvalue weighted by Crippen LogP contribution is -2.28. The molecule has 0 spiro atoms. The number of aromatic carboxylic acids is 1. The Morgan fingerprint density at radius 1 is 1.12 bits per heavy atom. The van der Waals surface area contributed by atoms with Gasteiger partial charge in [0.25, 0.3) is 5.91 Å². The monoisotopic (exact) mass is 492 g/mol. The molecule has 3 aromatic carbocycles. The Morgan fingerprint density at radius 3 is 2.62 bits per heavy atom. The van der Waals surface area contributed by atoms with Crippen molar-refractivity contribution >= 4 is 52.2 Å². The van der Waals surface area contributed by atoms with E-state index in [1.807, 2.05) is 55.5 Å². The third-order valence-electron chi connectivity index (χ3n) is 5.04. The molecule has 1 amide bonds. The number of hydrogen-bond acceptors (Lipinski definition) is 5. The summed E-state index contributed by atoms with van der Waals surface area (Å²) in [6.45, 7) is 2.68. The van der Waals surface area contributed by atoms with Crippen molar-refractivity contribution in [3.8, 4) is 5.75 Å². The highest BCUT2D eigenvalue weighted by Crippen LogP contribution is 2.35. The second-order valence-corrected chi connectivity index (χ2v) is 8.81. The van der Waals surface area contributed by atoms with Gasteiger partial charge < -0.3 is 9.84 Å². The van der Waals surface area contributed by atoms with Gasteiger partial charge in [-0.15, -0.1) is 0 Å². The topological polar surface area (TPSA) is 79.2 Å². The number of carboxylic acid groups (broad SMARTS) is 1. The predicted molar refractivity (Wildman–Crippen MR) is 136 cm³/mol. The van der Waals surface area contributed by atoms with Gasteiger partial charge in [0.2, 0.25) is 0 Å². The van der Waals surface area contributed by atoms with Crippen LogP contribution in [0.2, 0.25) is 5.02 Å². The van der Waals surface area contributed by atoms with Gasteiger partial charge in [-0.1, -0.05) is 48.0 Å². The number of carboxylic acids is 1. The van der Waals surface area contributed by atoms with Crippen molar-refractivity contribution in [1.82, 2.24) is 4.90 Å². The molecule has 4 rings (SSSR count). The van der Waals surface area contributed by atoms with Gasteiger partial charge >= 0.3 is 5.97 Å². The van der Waals surface area contributed by atoms with E-state index in [4.69, 9.17) is 16.3 Å². The molecule has 3 aromatic rings. The highest BCUT2D eigenvalue weighted by molar-refractivity contribution is 8.18. The molecule has 6 nitrogen and oxygen atoms in total. The molecule has 1 heterocycles. The van der Waals surface area contributed by atoms with Crippen LogP contribution in [0.15, 0.2) is 82.7 Å². The number of amidine groups is 1. The summed E-state index contributed by atoms with van der Waals surface area (Å²) in [6.07, 6.45) is 1.79. The Hall–Kier alpha value is -3.55. The number of carbonyl (C=O) groups is 2. The molecule has 0 aliphatic carbocycles. The van der Waals surface area contributed by atoms with Gasteiger partial charge in [-0.05, 0) is 66.7 Å². The lowest BCUT2D eigenvalue weighted by Gasteiger charge is -2.12. The zero-order chi connectivity index (χ0) is 24.1. The molecular formula is C26H21ClN2O4S. The van der Waals surface area contributed by atoms with Gasteiger partial charge in [-0.2, -0.15) is 0 Å². The van der Waals surface area contributed by atoms with Crippen LogP contribution in [0.25, 0.3) is 6.08 Å². The number of para-hydroxylation sites is 1. The smallest absolute Gasteiger partial charge is 0.335 e. The van der Waals surface area contributed by atoms with E-state index in [9.17, 15) is 14.7 Å². The second kappa shape index (κ2) is 10.6. The lowest BCUT2D eigenvalue weighted by atomic mass is 10.1. The van der Waals surface area contributed by atoms with Crippen LogP contribution in [-0.2, 0) is 11.4 Å². The quantitative estimate of drug-likeness (QED) is 0.395. The molecule has 0 radical (unpaired) electrons. The molecule has 1 fully saturated rings. The first-order valence-electron chi connectivity index (χ1n) is 10.5. The van der Waals surface area contributed by atoms with Crippen LogP contribution < -0.4 is 4.74 Å². The molecule has 34 heavy (non-hydrogen) atoms. The minimum absolute atomic E-state index is 0.141. The Morgan fingerprint density at radius 2 is 1.88 bits per heavy atom. The maximum atomic E-state index is 13.0. The van der Waals surface area contributed by atoms with E-state index in [1.165, 1.54) is 23.9 Å². The first kappa shape index (κ1) is 23.6. The molecule has 0 aromatic heterocycles. The molecule has 8 heteroatoms. The summed E-state index contributed by atoms with van der Waals surface area (Å²) < 4.78 is 6.01. The van der Waals surface area contributed by atoms with Crippen molar-refractivity contribution in [2.75, 3.05) is 6.54 Å². The standard InChI is InChI=1S/C26H21ClN2O4S/c1-2-29-24(30)23(34-26(29)28-21-8-5-7-19(14-21)25(31)32)15-18-6-3-4-9-22(18)33-16-17-10-12-20(27)13-11-17/h3-15H,2,16H2,1H3,(H,31,32)/b23-15-,28-26?. The Bertz CT molecular complexity index is 1290. The highest BCUT2D eigenvalue weighted by Gasteiger charge is 2.32. The van der Waals surface area contributed by atoms with Crippen LogP contribution in [0, 0.1) is 0 Å². The molecular weight excluding hydrogens is 472 g/mol. The Labute approximate surface area is 206 Å². The van der Waals surface area contributed by atoms with E-state index in [0.717, 1.165) is 11.1 Å². The fourth-order valence-corrected chi connectivity index (χ4v) is 4.48. The van der Waals surface area contributed by atoms with E-state index in [2.05, 4.69) is 4.99 Å². The molecule has 172 valence electrons. The molecule has 0 saturated carbocycles. The van der Waals surface area contributed by atoms with Crippen LogP contribution >= 0.6 is 23.4 Å². The van der Waals surface area contributed by atoms with E-state index < -0.39 is 5.97 Å². The summed E-state index contributed by atoms with van der Waals surface area (Å²) in [5.74, 6) is -0.533. The van der Waals surface area contributed by atoms with Gasteiger partial charge in [0.05, 0.1) is 16.2 Å². The molecule has 0 unspecified atom stereocenters. The SMILES string of the molecule is CCN1C(=O)/C(=C/c2ccccc2OCc2ccc(Cl)cc2)SC1=Nc1cccc(C(=O)O)c1. The summed E-state index contributed by atoms with van der Waals surface area (Å²) in [5, 5.41) is 10.4. The highest BCUT2D eigenvalue weighted by atomic mass is 35.5. The number of rotatable bonds is 7. The Kier molecular flexibility index (Phi) is 7.35. The van der Waals surface area contributed by atoms with E-state index in [-0.39, 0.29) is 11.5 Å². The van der Waals surface area contributed by atoms with Gasteiger partial charge in [-0.25, -0.2) is 9.79 Å². The largest absolute Gasteiger partial charge is 0.488 e. The molecule has 1 aliphatic heterocycles.